The molecule has 0 unspecified atom stereocenters. The van der Waals surface area contributed by atoms with E-state index in [-0.39, 0.29) is 119 Å². The van der Waals surface area contributed by atoms with Gasteiger partial charge in [-0.15, -0.1) is 0 Å². The zero-order chi connectivity index (χ0) is 103. The molecule has 20 aromatic rings. The number of rotatable bonds is 24. The van der Waals surface area contributed by atoms with Crippen molar-refractivity contribution >= 4 is 114 Å². The number of ether oxygens (including phenoxy) is 6. The molecule has 15 heterocycles. The number of hydrogen-bond acceptors (Lipinski definition) is 28. The predicted molar refractivity (Wildman–Crippen MR) is 518 cm³/mol. The van der Waals surface area contributed by atoms with Crippen molar-refractivity contribution in [1.29, 1.82) is 0 Å². The number of aryl methyl sites for hydroxylation is 4. The summed E-state index contributed by atoms with van der Waals surface area (Å²) in [6.45, 7) is 6.90. The normalized spacial score (nSPS) is 11.3. The third kappa shape index (κ3) is 20.2. The Hall–Kier alpha value is -19.6. The average molecular weight is 1990 g/mol. The summed E-state index contributed by atoms with van der Waals surface area (Å²) in [5, 5.41) is 40.3. The van der Waals surface area contributed by atoms with E-state index in [1.165, 1.54) is 92.4 Å². The van der Waals surface area contributed by atoms with Crippen molar-refractivity contribution < 1.29 is 87.1 Å². The summed E-state index contributed by atoms with van der Waals surface area (Å²) in [5.74, 6) is -7.29. The fourth-order valence-electron chi connectivity index (χ4n) is 15.1. The second-order valence-electron chi connectivity index (χ2n) is 33.3. The lowest BCUT2D eigenvalue weighted by Crippen LogP contribution is -2.24. The average Bonchev–Trinajstić information content (AvgIpc) is 1.76. The van der Waals surface area contributed by atoms with Crippen molar-refractivity contribution in [3.8, 4) is 103 Å². The first kappa shape index (κ1) is 96.6. The standard InChI is InChI=1S/C26H21F2N7O4.C25H21F2N7O2.C24H20F2N8O2.C23H19F2N7O3/c1-12-6-14-22(28)19(8-15(27)23(14)31-12)39-25-21(26(36)35(2)3)24(29-10-30-25)32-20-9-16(33-34-20)13-4-5-17-18(7-13)38-11-37-17;1-13-9-15-21(27)18(10-16(26)22(15)30-13)36-24-20(25(35)34(2)3)23(28-12-29-24)31-19-11-17(32-33-19)14-7-5-4-6-8-14;1-12-8-13-20(26)17(9-14(25)21(13)30-12)36-23-19(24(35)34(2)3)22(28-11-29-23)31-18-10-16(32-33-18)15-6-4-5-7-27-15;1-11-7-12-19(25)16(8-13(24)20(12)28-11)35-22-18(23(33)32(2)3)21(26-10-27-22)29-17-9-14(30-31-17)15-5-4-6-34-15/h4-10,31H,11H2,1-3H3,(H2,29,30,32,33,34);4-12,30H,1-3H3,(H2,28,29,31,32,33);4-11,30H,1-3H3,(H2,28,29,31,32,33);4-10,28H,1-3H3,(H2,26,27,29,30,31). The summed E-state index contributed by atoms with van der Waals surface area (Å²) in [6.07, 6.45) is 7.75. The summed E-state index contributed by atoms with van der Waals surface area (Å²) < 4.78 is 158. The number of halogens is 8. The number of hydrogen-bond donors (Lipinski definition) is 12. The molecule has 146 heavy (non-hydrogen) atoms. The first-order valence-electron chi connectivity index (χ1n) is 43.8. The number of H-pyrrole nitrogens is 8. The van der Waals surface area contributed by atoms with Gasteiger partial charge >= 0.3 is 0 Å². The minimum absolute atomic E-state index is 0.0166. The lowest BCUT2D eigenvalue weighted by atomic mass is 10.1. The van der Waals surface area contributed by atoms with Crippen molar-refractivity contribution in [2.75, 3.05) is 84.4 Å². The molecule has 4 amide bonds. The molecule has 0 bridgehead atoms. The second kappa shape index (κ2) is 40.7. The van der Waals surface area contributed by atoms with Crippen LogP contribution in [0.15, 0.2) is 194 Å². The van der Waals surface area contributed by atoms with Crippen molar-refractivity contribution in [2.24, 2.45) is 0 Å². The Morgan fingerprint density at radius 3 is 1.01 bits per heavy atom. The maximum Gasteiger partial charge on any atom is 0.262 e. The Morgan fingerprint density at radius 2 is 0.664 bits per heavy atom. The molecule has 14 aromatic heterocycles. The number of benzene rings is 6. The summed E-state index contributed by atoms with van der Waals surface area (Å²) in [4.78, 5) is 106. The number of anilines is 8. The van der Waals surface area contributed by atoms with Crippen molar-refractivity contribution in [3.63, 3.8) is 0 Å². The van der Waals surface area contributed by atoms with Gasteiger partial charge in [0.15, 0.2) is 133 Å². The lowest BCUT2D eigenvalue weighted by molar-refractivity contribution is 0.0817. The van der Waals surface area contributed by atoms with Crippen LogP contribution in [0.5, 0.6) is 58.0 Å². The molecule has 21 rings (SSSR count). The number of aromatic amines is 8. The van der Waals surface area contributed by atoms with Crippen LogP contribution in [0.1, 0.15) is 64.2 Å². The molecule has 48 heteroatoms. The van der Waals surface area contributed by atoms with Crippen LogP contribution < -0.4 is 49.7 Å². The van der Waals surface area contributed by atoms with Gasteiger partial charge in [-0.3, -0.25) is 44.6 Å². The van der Waals surface area contributed by atoms with Crippen molar-refractivity contribution in [1.82, 2.24) is 125 Å². The van der Waals surface area contributed by atoms with Gasteiger partial charge in [0.2, 0.25) is 30.3 Å². The molecule has 0 spiro atoms. The first-order chi connectivity index (χ1) is 70.2. The quantitative estimate of drug-likeness (QED) is 0.0250. The highest BCUT2D eigenvalue weighted by Crippen LogP contribution is 2.44. The Balaban J connectivity index is 0.000000128. The highest BCUT2D eigenvalue weighted by atomic mass is 19.2. The first-order valence-corrected chi connectivity index (χ1v) is 43.8. The Morgan fingerprint density at radius 1 is 0.336 bits per heavy atom. The highest BCUT2D eigenvalue weighted by Gasteiger charge is 2.33. The number of nitrogens with zero attached hydrogens (tertiary/aromatic N) is 17. The number of amides is 4. The molecule has 40 nitrogen and oxygen atoms in total. The zero-order valence-corrected chi connectivity index (χ0v) is 78.7. The third-order valence-corrected chi connectivity index (χ3v) is 22.0. The number of aromatic nitrogens is 21. The third-order valence-electron chi connectivity index (χ3n) is 22.0. The second-order valence-corrected chi connectivity index (χ2v) is 33.3. The summed E-state index contributed by atoms with van der Waals surface area (Å²) in [7, 11) is 12.3. The van der Waals surface area contributed by atoms with Crippen molar-refractivity contribution in [2.45, 2.75) is 27.7 Å². The van der Waals surface area contributed by atoms with Crippen LogP contribution in [0.4, 0.5) is 81.7 Å². The molecule has 0 atom stereocenters. The number of carbonyl (C=O) groups is 4. The fraction of sp³-hybridized carbons (Fsp3) is 0.133. The smallest absolute Gasteiger partial charge is 0.262 e. The predicted octanol–water partition coefficient (Wildman–Crippen LogP) is 19.4. The largest absolute Gasteiger partial charge is 0.463 e. The van der Waals surface area contributed by atoms with Gasteiger partial charge in [0, 0.05) is 161 Å². The number of carbonyl (C=O) groups excluding carboxylic acids is 4. The van der Waals surface area contributed by atoms with Crippen LogP contribution in [-0.2, 0) is 0 Å². The van der Waals surface area contributed by atoms with Crippen LogP contribution in [0.2, 0.25) is 0 Å². The molecule has 1 aliphatic rings. The molecule has 0 fully saturated rings. The van der Waals surface area contributed by atoms with E-state index in [0.717, 1.165) is 66.4 Å². The van der Waals surface area contributed by atoms with Gasteiger partial charge in [0.1, 0.15) is 53.3 Å². The topological polar surface area (TPSA) is 492 Å². The van der Waals surface area contributed by atoms with Gasteiger partial charge in [0.25, 0.3) is 23.6 Å². The number of furan rings is 1. The van der Waals surface area contributed by atoms with Crippen LogP contribution in [0, 0.1) is 74.2 Å². The molecule has 12 N–H and O–H groups in total. The molecule has 6 aromatic carbocycles. The van der Waals surface area contributed by atoms with Crippen molar-refractivity contribution in [3.05, 3.63) is 281 Å². The minimum Gasteiger partial charge on any atom is -0.463 e. The lowest BCUT2D eigenvalue weighted by Gasteiger charge is -2.17. The van der Waals surface area contributed by atoms with E-state index in [4.69, 9.17) is 32.8 Å². The van der Waals surface area contributed by atoms with Crippen LogP contribution in [-0.4, -0.2) is 212 Å². The SMILES string of the molecule is Cc1cc2c(F)c(Oc3ncnc(Nc4cc(-c5ccc6c(c5)OCO6)[nH]n4)c3C(=O)N(C)C)cc(F)c2[nH]1.Cc1cc2c(F)c(Oc3ncnc(Nc4cc(-c5ccccc5)[nH]n4)c3C(=O)N(C)C)cc(F)c2[nH]1.Cc1cc2c(F)c(Oc3ncnc(Nc4cc(-c5ccccn5)[nH]n4)c3C(=O)N(C)C)cc(F)c2[nH]1.Cc1cc2c(F)c(Oc3ncnc(Nc4cc(-c5ccco5)[nH]n4)c3C(=O)N(C)C)cc(F)c2[nH]1. The summed E-state index contributed by atoms with van der Waals surface area (Å²) in [5.41, 5.74) is 7.10. The summed E-state index contributed by atoms with van der Waals surface area (Å²) in [6, 6.07) is 40.2. The Kier molecular flexibility index (Phi) is 26.9. The van der Waals surface area contributed by atoms with E-state index in [1.54, 1.807) is 96.5 Å². The zero-order valence-electron chi connectivity index (χ0n) is 78.7. The maximum atomic E-state index is 15.2. The molecular weight excluding hydrogens is 1910 g/mol. The molecule has 0 radical (unpaired) electrons. The van der Waals surface area contributed by atoms with E-state index in [9.17, 15) is 36.7 Å². The van der Waals surface area contributed by atoms with E-state index >= 15 is 17.6 Å². The molecule has 740 valence electrons. The van der Waals surface area contributed by atoms with E-state index in [0.29, 0.717) is 86.1 Å². The molecule has 0 aliphatic carbocycles. The van der Waals surface area contributed by atoms with E-state index in [2.05, 4.69) is 127 Å². The summed E-state index contributed by atoms with van der Waals surface area (Å²) >= 11 is 0. The highest BCUT2D eigenvalue weighted by molar-refractivity contribution is 6.04. The maximum absolute atomic E-state index is 15.2. The van der Waals surface area contributed by atoms with Gasteiger partial charge < -0.3 is 93.6 Å². The van der Waals surface area contributed by atoms with Gasteiger partial charge in [-0.2, -0.15) is 20.4 Å². The minimum atomic E-state index is -0.798. The molecule has 0 saturated heterocycles. The van der Waals surface area contributed by atoms with E-state index < -0.39 is 93.2 Å². The van der Waals surface area contributed by atoms with Gasteiger partial charge in [-0.25, -0.2) is 75.0 Å². The van der Waals surface area contributed by atoms with Gasteiger partial charge in [-0.1, -0.05) is 36.4 Å². The number of nitrogens with one attached hydrogen (secondary N) is 12. The molecule has 1 aliphatic heterocycles. The fourth-order valence-corrected chi connectivity index (χ4v) is 15.1. The number of fused-ring (bicyclic) bond motifs is 5. The molecule has 0 saturated carbocycles. The Bertz CT molecular complexity index is 8130. The van der Waals surface area contributed by atoms with Crippen LogP contribution >= 0.6 is 0 Å². The van der Waals surface area contributed by atoms with E-state index in [1.807, 2.05) is 54.6 Å². The monoisotopic (exact) mass is 1990 g/mol. The van der Waals surface area contributed by atoms with Crippen LogP contribution in [0.25, 0.3) is 89.0 Å². The Labute approximate surface area is 818 Å². The number of pyridine rings is 1. The van der Waals surface area contributed by atoms with Gasteiger partial charge in [-0.05, 0) is 100.0 Å². The molecular formula is C98H81F8N29O11. The van der Waals surface area contributed by atoms with Gasteiger partial charge in [0.05, 0.1) is 51.1 Å². The van der Waals surface area contributed by atoms with Crippen LogP contribution in [0.3, 0.4) is 0 Å².